The molecule has 0 radical (unpaired) electrons. The molecule has 0 fully saturated rings. The average Bonchev–Trinajstić information content (AvgIpc) is 2.43. The lowest BCUT2D eigenvalue weighted by atomic mass is 10.2. The summed E-state index contributed by atoms with van der Waals surface area (Å²) in [5, 5.41) is 0.441. The van der Waals surface area contributed by atoms with Crippen LogP contribution in [0.5, 0.6) is 5.75 Å². The first-order chi connectivity index (χ1) is 9.19. The Bertz CT molecular complexity index is 404. The zero-order valence-electron chi connectivity index (χ0n) is 11.6. The molecule has 0 aromatic heterocycles. The standard InChI is InChI=1S/C15H21ClO3/c1-3-4-5-6-7-10-19-14-9-8-12(11-13(14)16)15(17)18-2/h8-9,11H,3-7,10H2,1-2H3. The van der Waals surface area contributed by atoms with E-state index in [9.17, 15) is 4.79 Å². The molecule has 0 heterocycles. The normalized spacial score (nSPS) is 10.3. The maximum atomic E-state index is 11.3. The minimum atomic E-state index is -0.395. The Labute approximate surface area is 119 Å². The van der Waals surface area contributed by atoms with Gasteiger partial charge in [-0.2, -0.15) is 0 Å². The number of esters is 1. The monoisotopic (exact) mass is 284 g/mol. The van der Waals surface area contributed by atoms with Crippen LogP contribution in [-0.2, 0) is 4.74 Å². The smallest absolute Gasteiger partial charge is 0.337 e. The number of carbonyl (C=O) groups is 1. The van der Waals surface area contributed by atoms with Gasteiger partial charge in [-0.15, -0.1) is 0 Å². The van der Waals surface area contributed by atoms with E-state index in [1.54, 1.807) is 18.2 Å². The SMILES string of the molecule is CCCCCCCOc1ccc(C(=O)OC)cc1Cl. The van der Waals surface area contributed by atoms with Crippen LogP contribution in [-0.4, -0.2) is 19.7 Å². The zero-order valence-corrected chi connectivity index (χ0v) is 12.3. The number of hydrogen-bond donors (Lipinski definition) is 0. The predicted molar refractivity (Wildman–Crippen MR) is 77.0 cm³/mol. The minimum Gasteiger partial charge on any atom is -0.492 e. The fraction of sp³-hybridized carbons (Fsp3) is 0.533. The molecular formula is C15H21ClO3. The third-order valence-corrected chi connectivity index (χ3v) is 3.15. The molecule has 0 saturated heterocycles. The molecule has 1 aromatic carbocycles. The van der Waals surface area contributed by atoms with Gasteiger partial charge in [0.25, 0.3) is 0 Å². The summed E-state index contributed by atoms with van der Waals surface area (Å²) < 4.78 is 10.2. The van der Waals surface area contributed by atoms with Crippen LogP contribution >= 0.6 is 11.6 Å². The van der Waals surface area contributed by atoms with Gasteiger partial charge in [-0.05, 0) is 24.6 Å². The summed E-state index contributed by atoms with van der Waals surface area (Å²) in [6.07, 6.45) is 5.95. The molecule has 0 saturated carbocycles. The summed E-state index contributed by atoms with van der Waals surface area (Å²) in [6, 6.07) is 4.94. The first-order valence-corrected chi connectivity index (χ1v) is 7.07. The second-order valence-electron chi connectivity index (χ2n) is 4.40. The molecule has 0 spiro atoms. The van der Waals surface area contributed by atoms with Gasteiger partial charge in [-0.25, -0.2) is 4.79 Å². The van der Waals surface area contributed by atoms with E-state index >= 15 is 0 Å². The Hall–Kier alpha value is -1.22. The Morgan fingerprint density at radius 2 is 1.95 bits per heavy atom. The van der Waals surface area contributed by atoms with Crippen molar-refractivity contribution in [1.82, 2.24) is 0 Å². The molecule has 4 heteroatoms. The maximum Gasteiger partial charge on any atom is 0.337 e. The van der Waals surface area contributed by atoms with E-state index < -0.39 is 5.97 Å². The third-order valence-electron chi connectivity index (χ3n) is 2.86. The fourth-order valence-corrected chi connectivity index (χ4v) is 1.99. The lowest BCUT2D eigenvalue weighted by Gasteiger charge is -2.09. The minimum absolute atomic E-state index is 0.395. The van der Waals surface area contributed by atoms with E-state index in [1.165, 1.54) is 32.8 Å². The van der Waals surface area contributed by atoms with Crippen LogP contribution in [0.4, 0.5) is 0 Å². The van der Waals surface area contributed by atoms with Crippen molar-refractivity contribution in [2.75, 3.05) is 13.7 Å². The van der Waals surface area contributed by atoms with Crippen LogP contribution in [0.3, 0.4) is 0 Å². The summed E-state index contributed by atoms with van der Waals surface area (Å²) >= 11 is 6.06. The van der Waals surface area contributed by atoms with Gasteiger partial charge >= 0.3 is 5.97 Å². The summed E-state index contributed by atoms with van der Waals surface area (Å²) in [4.78, 5) is 11.3. The molecule has 3 nitrogen and oxygen atoms in total. The van der Waals surface area contributed by atoms with Gasteiger partial charge < -0.3 is 9.47 Å². The third kappa shape index (κ3) is 5.52. The lowest BCUT2D eigenvalue weighted by Crippen LogP contribution is -2.02. The van der Waals surface area contributed by atoms with Gasteiger partial charge in [0.15, 0.2) is 0 Å². The number of ether oxygens (including phenoxy) is 2. The molecule has 0 unspecified atom stereocenters. The van der Waals surface area contributed by atoms with Crippen LogP contribution in [0.1, 0.15) is 49.4 Å². The van der Waals surface area contributed by atoms with Gasteiger partial charge in [0, 0.05) is 0 Å². The van der Waals surface area contributed by atoms with Crippen LogP contribution in [0.2, 0.25) is 5.02 Å². The second kappa shape index (κ2) is 8.81. The van der Waals surface area contributed by atoms with E-state index in [-0.39, 0.29) is 0 Å². The number of halogens is 1. The van der Waals surface area contributed by atoms with Crippen molar-refractivity contribution in [3.05, 3.63) is 28.8 Å². The van der Waals surface area contributed by atoms with E-state index in [2.05, 4.69) is 11.7 Å². The maximum absolute atomic E-state index is 11.3. The van der Waals surface area contributed by atoms with Gasteiger partial charge in [0.05, 0.1) is 24.3 Å². The van der Waals surface area contributed by atoms with Crippen LogP contribution in [0, 0.1) is 0 Å². The zero-order chi connectivity index (χ0) is 14.1. The van der Waals surface area contributed by atoms with Crippen molar-refractivity contribution in [2.24, 2.45) is 0 Å². The largest absolute Gasteiger partial charge is 0.492 e. The van der Waals surface area contributed by atoms with Crippen molar-refractivity contribution in [3.8, 4) is 5.75 Å². The number of unbranched alkanes of at least 4 members (excludes halogenated alkanes) is 4. The highest BCUT2D eigenvalue weighted by molar-refractivity contribution is 6.32. The number of carbonyl (C=O) groups excluding carboxylic acids is 1. The highest BCUT2D eigenvalue weighted by atomic mass is 35.5. The van der Waals surface area contributed by atoms with Gasteiger partial charge in [0.1, 0.15) is 5.75 Å². The Balaban J connectivity index is 2.40. The summed E-state index contributed by atoms with van der Waals surface area (Å²) in [5.74, 6) is 0.220. The molecule has 0 amide bonds. The molecule has 1 aromatic rings. The molecule has 0 aliphatic carbocycles. The number of rotatable bonds is 8. The van der Waals surface area contributed by atoms with Crippen molar-refractivity contribution in [1.29, 1.82) is 0 Å². The van der Waals surface area contributed by atoms with Gasteiger partial charge in [-0.1, -0.05) is 44.2 Å². The quantitative estimate of drug-likeness (QED) is 0.522. The van der Waals surface area contributed by atoms with Crippen LogP contribution in [0.15, 0.2) is 18.2 Å². The molecule has 19 heavy (non-hydrogen) atoms. The first kappa shape index (κ1) is 15.8. The van der Waals surface area contributed by atoms with Crippen molar-refractivity contribution < 1.29 is 14.3 Å². The summed E-state index contributed by atoms with van der Waals surface area (Å²) in [6.45, 7) is 2.85. The topological polar surface area (TPSA) is 35.5 Å². The molecule has 0 N–H and O–H groups in total. The van der Waals surface area contributed by atoms with Gasteiger partial charge in [0.2, 0.25) is 0 Å². The molecule has 0 bridgehead atoms. The summed E-state index contributed by atoms with van der Waals surface area (Å²) in [7, 11) is 1.34. The molecule has 0 aliphatic rings. The average molecular weight is 285 g/mol. The molecule has 1 rings (SSSR count). The van der Waals surface area contributed by atoms with Crippen LogP contribution in [0.25, 0.3) is 0 Å². The molecular weight excluding hydrogens is 264 g/mol. The second-order valence-corrected chi connectivity index (χ2v) is 4.81. The molecule has 0 aliphatic heterocycles. The Kier molecular flexibility index (Phi) is 7.34. The first-order valence-electron chi connectivity index (χ1n) is 6.69. The van der Waals surface area contributed by atoms with Crippen molar-refractivity contribution >= 4 is 17.6 Å². The van der Waals surface area contributed by atoms with Crippen molar-refractivity contribution in [3.63, 3.8) is 0 Å². The lowest BCUT2D eigenvalue weighted by molar-refractivity contribution is 0.0600. The van der Waals surface area contributed by atoms with E-state index in [0.717, 1.165) is 6.42 Å². The number of hydrogen-bond acceptors (Lipinski definition) is 3. The molecule has 0 atom stereocenters. The highest BCUT2D eigenvalue weighted by Crippen LogP contribution is 2.26. The fourth-order valence-electron chi connectivity index (χ4n) is 1.75. The number of methoxy groups -OCH3 is 1. The van der Waals surface area contributed by atoms with E-state index in [1.807, 2.05) is 0 Å². The van der Waals surface area contributed by atoms with E-state index in [0.29, 0.717) is 22.9 Å². The molecule has 106 valence electrons. The van der Waals surface area contributed by atoms with Crippen molar-refractivity contribution in [2.45, 2.75) is 39.0 Å². The Morgan fingerprint density at radius 1 is 1.21 bits per heavy atom. The Morgan fingerprint density at radius 3 is 2.58 bits per heavy atom. The highest BCUT2D eigenvalue weighted by Gasteiger charge is 2.09. The van der Waals surface area contributed by atoms with Gasteiger partial charge in [-0.3, -0.25) is 0 Å². The predicted octanol–water partition coefficient (Wildman–Crippen LogP) is 4.48. The van der Waals surface area contributed by atoms with E-state index in [4.69, 9.17) is 16.3 Å². The summed E-state index contributed by atoms with van der Waals surface area (Å²) in [5.41, 5.74) is 0.433. The van der Waals surface area contributed by atoms with Crippen LogP contribution < -0.4 is 4.74 Å². The number of benzene rings is 1.